The van der Waals surface area contributed by atoms with Gasteiger partial charge in [-0.15, -0.1) is 0 Å². The van der Waals surface area contributed by atoms with Crippen LogP contribution >= 0.6 is 0 Å². The Morgan fingerprint density at radius 1 is 1.22 bits per heavy atom. The maximum Gasteiger partial charge on any atom is 0.307 e. The van der Waals surface area contributed by atoms with Crippen LogP contribution < -0.4 is 5.43 Å². The lowest BCUT2D eigenvalue weighted by atomic mass is 9.84. The smallest absolute Gasteiger partial charge is 0.307 e. The minimum absolute atomic E-state index is 0.000938. The number of carbonyl (C=O) groups excluding carboxylic acids is 2. The quantitative estimate of drug-likeness (QED) is 0.233. The molecule has 1 aromatic heterocycles. The zero-order valence-corrected chi connectivity index (χ0v) is 19.9. The van der Waals surface area contributed by atoms with Crippen LogP contribution in [0.3, 0.4) is 0 Å². The van der Waals surface area contributed by atoms with Crippen molar-refractivity contribution in [3.63, 3.8) is 0 Å². The molecule has 2 heterocycles. The van der Waals surface area contributed by atoms with Crippen molar-refractivity contribution < 1.29 is 38.5 Å². The molecule has 1 saturated heterocycles. The molecule has 0 bridgehead atoms. The topological polar surface area (TPSA) is 144 Å². The average Bonchev–Trinajstić information content (AvgIpc) is 3.45. The number of rotatable bonds is 5. The van der Waals surface area contributed by atoms with Crippen LogP contribution in [0.15, 0.2) is 39.6 Å². The summed E-state index contributed by atoms with van der Waals surface area (Å²) in [5.41, 5.74) is -0.888. The molecule has 3 atom stereocenters. The van der Waals surface area contributed by atoms with E-state index in [4.69, 9.17) is 13.9 Å². The molecule has 0 unspecified atom stereocenters. The number of Topliss-reactive ketones (excluding diaryl/α,β-unsaturated/α-hetero) is 1. The highest BCUT2D eigenvalue weighted by atomic mass is 16.6. The minimum Gasteiger partial charge on any atom is -0.506 e. The van der Waals surface area contributed by atoms with Gasteiger partial charge in [-0.2, -0.15) is 0 Å². The first-order valence-electron chi connectivity index (χ1n) is 11.6. The van der Waals surface area contributed by atoms with Crippen molar-refractivity contribution in [1.29, 1.82) is 0 Å². The SMILES string of the molecule is C/C=C/[C@@H]1O[C@@]1(C)c1cc(=O)c2c(CC(=O)O)cc3cc4c(c(O)c3c2o1)C(=O)CC[C@@H]4OC(C)=O. The number of allylic oxidation sites excluding steroid dienone is 1. The molecule has 5 rings (SSSR count). The zero-order valence-electron chi connectivity index (χ0n) is 19.9. The van der Waals surface area contributed by atoms with Crippen molar-refractivity contribution in [2.24, 2.45) is 0 Å². The summed E-state index contributed by atoms with van der Waals surface area (Å²) in [6.07, 6.45) is 2.43. The van der Waals surface area contributed by atoms with Crippen molar-refractivity contribution in [3.05, 3.63) is 63.0 Å². The summed E-state index contributed by atoms with van der Waals surface area (Å²) in [6.45, 7) is 4.86. The molecule has 0 spiro atoms. The Morgan fingerprint density at radius 3 is 2.64 bits per heavy atom. The Hall–Kier alpha value is -3.98. The van der Waals surface area contributed by atoms with Crippen LogP contribution in [0.1, 0.15) is 67.0 Å². The maximum absolute atomic E-state index is 13.3. The van der Waals surface area contributed by atoms with Gasteiger partial charge in [0.2, 0.25) is 0 Å². The molecule has 9 heteroatoms. The number of phenolic OH excluding ortho intramolecular Hbond substituents is 1. The van der Waals surface area contributed by atoms with E-state index in [2.05, 4.69) is 0 Å². The second kappa shape index (κ2) is 8.30. The first-order chi connectivity index (χ1) is 17.0. The molecule has 3 aromatic rings. The fourth-order valence-electron chi connectivity index (χ4n) is 5.08. The number of carbonyl (C=O) groups is 3. The molecule has 1 aliphatic carbocycles. The first kappa shape index (κ1) is 23.7. The average molecular weight is 492 g/mol. The van der Waals surface area contributed by atoms with Crippen LogP contribution in [-0.4, -0.2) is 34.0 Å². The van der Waals surface area contributed by atoms with Crippen LogP contribution in [0.2, 0.25) is 0 Å². The van der Waals surface area contributed by atoms with Gasteiger partial charge >= 0.3 is 11.9 Å². The van der Waals surface area contributed by atoms with Crippen LogP contribution in [-0.2, 0) is 31.1 Å². The number of benzene rings is 2. The van der Waals surface area contributed by atoms with E-state index in [-0.39, 0.29) is 58.0 Å². The van der Waals surface area contributed by atoms with Crippen molar-refractivity contribution in [1.82, 2.24) is 0 Å². The van der Waals surface area contributed by atoms with E-state index >= 15 is 0 Å². The lowest BCUT2D eigenvalue weighted by Crippen LogP contribution is -2.20. The van der Waals surface area contributed by atoms with Gasteiger partial charge in [-0.3, -0.25) is 19.2 Å². The second-order valence-electron chi connectivity index (χ2n) is 9.30. The highest BCUT2D eigenvalue weighted by Gasteiger charge is 2.54. The molecule has 0 amide bonds. The van der Waals surface area contributed by atoms with Gasteiger partial charge in [0.05, 0.1) is 22.8 Å². The summed E-state index contributed by atoms with van der Waals surface area (Å²) in [7, 11) is 0. The summed E-state index contributed by atoms with van der Waals surface area (Å²) in [5.74, 6) is -2.20. The van der Waals surface area contributed by atoms with Gasteiger partial charge in [-0.05, 0) is 43.4 Å². The summed E-state index contributed by atoms with van der Waals surface area (Å²) >= 11 is 0. The Bertz CT molecular complexity index is 1560. The molecule has 0 radical (unpaired) electrons. The number of epoxide rings is 1. The van der Waals surface area contributed by atoms with E-state index in [0.29, 0.717) is 10.9 Å². The van der Waals surface area contributed by atoms with E-state index < -0.39 is 41.2 Å². The minimum atomic E-state index is -1.15. The summed E-state index contributed by atoms with van der Waals surface area (Å²) in [4.78, 5) is 49.4. The highest BCUT2D eigenvalue weighted by Crippen LogP contribution is 2.49. The van der Waals surface area contributed by atoms with Crippen LogP contribution in [0.4, 0.5) is 0 Å². The number of aromatic hydroxyl groups is 1. The zero-order chi connectivity index (χ0) is 25.9. The molecule has 36 heavy (non-hydrogen) atoms. The number of hydrogen-bond acceptors (Lipinski definition) is 8. The largest absolute Gasteiger partial charge is 0.506 e. The van der Waals surface area contributed by atoms with Gasteiger partial charge in [-0.1, -0.05) is 12.2 Å². The number of esters is 1. The third kappa shape index (κ3) is 3.67. The molecule has 2 aromatic carbocycles. The lowest BCUT2D eigenvalue weighted by Gasteiger charge is -2.26. The van der Waals surface area contributed by atoms with E-state index in [1.54, 1.807) is 13.0 Å². The van der Waals surface area contributed by atoms with Gasteiger partial charge in [-0.25, -0.2) is 0 Å². The van der Waals surface area contributed by atoms with Gasteiger partial charge < -0.3 is 24.1 Å². The predicted octanol–water partition coefficient (Wildman–Crippen LogP) is 4.05. The molecule has 9 nitrogen and oxygen atoms in total. The fourth-order valence-corrected chi connectivity index (χ4v) is 5.08. The Balaban J connectivity index is 1.86. The number of hydrogen-bond donors (Lipinski definition) is 2. The number of ether oxygens (including phenoxy) is 2. The van der Waals surface area contributed by atoms with Crippen molar-refractivity contribution in [2.75, 3.05) is 0 Å². The van der Waals surface area contributed by atoms with Gasteiger partial charge in [0, 0.05) is 25.0 Å². The third-order valence-electron chi connectivity index (χ3n) is 6.81. The predicted molar refractivity (Wildman–Crippen MR) is 128 cm³/mol. The Morgan fingerprint density at radius 2 is 1.97 bits per heavy atom. The highest BCUT2D eigenvalue weighted by molar-refractivity contribution is 6.15. The Kier molecular flexibility index (Phi) is 5.48. The summed E-state index contributed by atoms with van der Waals surface area (Å²) in [6, 6.07) is 4.36. The van der Waals surface area contributed by atoms with Gasteiger partial charge in [0.25, 0.3) is 0 Å². The van der Waals surface area contributed by atoms with E-state index in [0.717, 1.165) is 0 Å². The van der Waals surface area contributed by atoms with Crippen molar-refractivity contribution in [3.8, 4) is 5.75 Å². The molecular weight excluding hydrogens is 468 g/mol. The number of fused-ring (bicyclic) bond motifs is 4. The Labute approximate surface area is 204 Å². The number of ketones is 1. The van der Waals surface area contributed by atoms with Gasteiger partial charge in [0.15, 0.2) is 16.8 Å². The molecular formula is C27H24O9. The summed E-state index contributed by atoms with van der Waals surface area (Å²) < 4.78 is 17.3. The number of aliphatic carboxylic acids is 1. The van der Waals surface area contributed by atoms with Crippen LogP contribution in [0, 0.1) is 0 Å². The molecule has 1 fully saturated rings. The normalized spacial score (nSPS) is 23.2. The van der Waals surface area contributed by atoms with Crippen molar-refractivity contribution >= 4 is 39.5 Å². The van der Waals surface area contributed by atoms with E-state index in [1.165, 1.54) is 19.1 Å². The van der Waals surface area contributed by atoms with Crippen LogP contribution in [0.5, 0.6) is 5.75 Å². The standard InChI is InChI=1S/C27H24O9/c1-4-5-19-27(3,36-19)20-11-17(30)22-14(10-21(31)32)8-13-9-15-18(34-12(2)28)7-6-16(29)24(15)25(33)23(13)26(22)35-20/h4-5,8-9,11,18-19,33H,6-7,10H2,1-3H3,(H,31,32)/b5-4+/t18-,19-,27+/m0/s1. The van der Waals surface area contributed by atoms with Gasteiger partial charge in [0.1, 0.15) is 29.3 Å². The van der Waals surface area contributed by atoms with Crippen molar-refractivity contribution in [2.45, 2.75) is 57.8 Å². The molecule has 2 aliphatic rings. The fraction of sp³-hybridized carbons (Fsp3) is 0.333. The van der Waals surface area contributed by atoms with E-state index in [9.17, 15) is 29.4 Å². The first-order valence-corrected chi connectivity index (χ1v) is 11.6. The molecule has 1 aliphatic heterocycles. The molecule has 186 valence electrons. The number of carboxylic acids is 1. The third-order valence-corrected chi connectivity index (χ3v) is 6.81. The molecule has 2 N–H and O–H groups in total. The summed E-state index contributed by atoms with van der Waals surface area (Å²) in [5, 5.41) is 21.3. The second-order valence-corrected chi connectivity index (χ2v) is 9.30. The maximum atomic E-state index is 13.3. The number of carboxylic acid groups (broad SMARTS) is 1. The monoisotopic (exact) mass is 492 g/mol. The lowest BCUT2D eigenvalue weighted by molar-refractivity contribution is -0.147. The van der Waals surface area contributed by atoms with Crippen LogP contribution in [0.25, 0.3) is 21.7 Å². The number of phenols is 1. The molecule has 0 saturated carbocycles. The van der Waals surface area contributed by atoms with E-state index in [1.807, 2.05) is 19.1 Å².